The molecule has 6 heteroatoms. The third-order valence-corrected chi connectivity index (χ3v) is 2.82. The van der Waals surface area contributed by atoms with E-state index in [1.54, 1.807) is 0 Å². The van der Waals surface area contributed by atoms with Gasteiger partial charge in [-0.1, -0.05) is 11.6 Å². The summed E-state index contributed by atoms with van der Waals surface area (Å²) in [6, 6.07) is 0.707. The van der Waals surface area contributed by atoms with Crippen molar-refractivity contribution in [1.29, 1.82) is 0 Å². The fourth-order valence-electron chi connectivity index (χ4n) is 1.01. The van der Waals surface area contributed by atoms with E-state index < -0.39 is 11.9 Å². The molecule has 78 valence electrons. The van der Waals surface area contributed by atoms with Crippen molar-refractivity contribution in [1.82, 2.24) is 0 Å². The van der Waals surface area contributed by atoms with E-state index in [2.05, 4.69) is 15.9 Å². The number of aromatic hydroxyl groups is 1. The molecule has 1 aromatic rings. The Morgan fingerprint density at radius 3 is 2.71 bits per heavy atom. The van der Waals surface area contributed by atoms with Crippen molar-refractivity contribution in [3.05, 3.63) is 26.9 Å². The van der Waals surface area contributed by atoms with E-state index in [1.807, 2.05) is 0 Å². The first kappa shape index (κ1) is 11.7. The minimum absolute atomic E-state index is 0.0936. The van der Waals surface area contributed by atoms with E-state index in [0.29, 0.717) is 5.56 Å². The molecule has 0 bridgehead atoms. The van der Waals surface area contributed by atoms with Crippen LogP contribution in [0.15, 0.2) is 10.5 Å². The Morgan fingerprint density at radius 1 is 1.64 bits per heavy atom. The molecule has 0 aromatic heterocycles. The molecule has 5 N–H and O–H groups in total. The lowest BCUT2D eigenvalue weighted by Crippen LogP contribution is -2.21. The standard InChI is InChI=1S/C8H9BrClFN2O/c9-6-7(11)4(10)1-3(8(6)14)5(13)2-12/h1,5,14H,2,12-13H2. The first-order valence-electron chi connectivity index (χ1n) is 3.81. The van der Waals surface area contributed by atoms with E-state index in [4.69, 9.17) is 23.1 Å². The summed E-state index contributed by atoms with van der Waals surface area (Å²) in [7, 11) is 0. The molecule has 0 spiro atoms. The average molecular weight is 284 g/mol. The summed E-state index contributed by atoms with van der Waals surface area (Å²) < 4.78 is 13.0. The Labute approximate surface area is 94.0 Å². The second kappa shape index (κ2) is 4.44. The van der Waals surface area contributed by atoms with Gasteiger partial charge in [-0.15, -0.1) is 0 Å². The van der Waals surface area contributed by atoms with Gasteiger partial charge in [0.05, 0.1) is 9.50 Å². The molecule has 1 unspecified atom stereocenters. The number of nitrogens with two attached hydrogens (primary N) is 2. The molecule has 0 saturated heterocycles. The molecule has 0 saturated carbocycles. The van der Waals surface area contributed by atoms with Gasteiger partial charge >= 0.3 is 0 Å². The number of phenols is 1. The topological polar surface area (TPSA) is 72.3 Å². The highest BCUT2D eigenvalue weighted by atomic mass is 79.9. The Kier molecular flexibility index (Phi) is 3.71. The number of halogens is 3. The molecule has 0 radical (unpaired) electrons. The summed E-state index contributed by atoms with van der Waals surface area (Å²) in [4.78, 5) is 0. The second-order valence-corrected chi connectivity index (χ2v) is 3.97. The zero-order valence-corrected chi connectivity index (χ0v) is 9.44. The maximum atomic E-state index is 13.1. The van der Waals surface area contributed by atoms with Gasteiger partial charge in [-0.2, -0.15) is 0 Å². The Morgan fingerprint density at radius 2 is 2.21 bits per heavy atom. The summed E-state index contributed by atoms with van der Waals surface area (Å²) in [5.41, 5.74) is 11.2. The van der Waals surface area contributed by atoms with Crippen molar-refractivity contribution in [2.24, 2.45) is 11.5 Å². The van der Waals surface area contributed by atoms with Crippen LogP contribution in [0.3, 0.4) is 0 Å². The highest BCUT2D eigenvalue weighted by Crippen LogP contribution is 2.37. The highest BCUT2D eigenvalue weighted by molar-refractivity contribution is 9.10. The van der Waals surface area contributed by atoms with Crippen LogP contribution in [0.2, 0.25) is 5.02 Å². The molecule has 1 aromatic carbocycles. The summed E-state index contributed by atoms with van der Waals surface area (Å²) >= 11 is 8.45. The molecule has 0 aliphatic rings. The van der Waals surface area contributed by atoms with Gasteiger partial charge in [0.1, 0.15) is 5.75 Å². The van der Waals surface area contributed by atoms with Crippen molar-refractivity contribution in [2.75, 3.05) is 6.54 Å². The lowest BCUT2D eigenvalue weighted by Gasteiger charge is -2.13. The predicted molar refractivity (Wildman–Crippen MR) is 56.8 cm³/mol. The second-order valence-electron chi connectivity index (χ2n) is 2.77. The van der Waals surface area contributed by atoms with Crippen LogP contribution in [-0.2, 0) is 0 Å². The summed E-state index contributed by atoms with van der Waals surface area (Å²) in [6.07, 6.45) is 0. The maximum absolute atomic E-state index is 13.1. The van der Waals surface area contributed by atoms with Crippen LogP contribution in [0.1, 0.15) is 11.6 Å². The van der Waals surface area contributed by atoms with Crippen molar-refractivity contribution in [3.63, 3.8) is 0 Å². The normalized spacial score (nSPS) is 12.9. The van der Waals surface area contributed by atoms with Gasteiger partial charge in [0.15, 0.2) is 5.82 Å². The third kappa shape index (κ3) is 2.00. The molecular weight excluding hydrogens is 274 g/mol. The predicted octanol–water partition coefficient (Wildman–Crippen LogP) is 1.91. The summed E-state index contributed by atoms with van der Waals surface area (Å²) in [6.45, 7) is 0.141. The third-order valence-electron chi connectivity index (χ3n) is 1.82. The molecule has 3 nitrogen and oxygen atoms in total. The summed E-state index contributed by atoms with van der Waals surface area (Å²) in [5, 5.41) is 9.42. The fraction of sp³-hybridized carbons (Fsp3) is 0.250. The van der Waals surface area contributed by atoms with Crippen molar-refractivity contribution in [2.45, 2.75) is 6.04 Å². The highest BCUT2D eigenvalue weighted by Gasteiger charge is 2.18. The fourth-order valence-corrected chi connectivity index (χ4v) is 1.78. The molecule has 0 fully saturated rings. The molecular formula is C8H9BrClFN2O. The van der Waals surface area contributed by atoms with Gasteiger partial charge in [0, 0.05) is 18.2 Å². The minimum Gasteiger partial charge on any atom is -0.506 e. The van der Waals surface area contributed by atoms with Crippen molar-refractivity contribution >= 4 is 27.5 Å². The van der Waals surface area contributed by atoms with E-state index >= 15 is 0 Å². The van der Waals surface area contributed by atoms with E-state index in [-0.39, 0.29) is 21.8 Å². The van der Waals surface area contributed by atoms with E-state index in [0.717, 1.165) is 0 Å². The summed E-state index contributed by atoms with van der Waals surface area (Å²) in [5.74, 6) is -0.970. The number of rotatable bonds is 2. The van der Waals surface area contributed by atoms with Crippen LogP contribution in [0, 0.1) is 5.82 Å². The maximum Gasteiger partial charge on any atom is 0.159 e. The van der Waals surface area contributed by atoms with Crippen LogP contribution in [0.4, 0.5) is 4.39 Å². The molecule has 1 atom stereocenters. The van der Waals surface area contributed by atoms with E-state index in [1.165, 1.54) is 6.07 Å². The van der Waals surface area contributed by atoms with Crippen LogP contribution in [0.25, 0.3) is 0 Å². The Bertz CT molecular complexity index is 362. The largest absolute Gasteiger partial charge is 0.506 e. The smallest absolute Gasteiger partial charge is 0.159 e. The number of benzene rings is 1. The Balaban J connectivity index is 3.33. The van der Waals surface area contributed by atoms with Crippen LogP contribution >= 0.6 is 27.5 Å². The van der Waals surface area contributed by atoms with Crippen LogP contribution in [0.5, 0.6) is 5.75 Å². The molecule has 1 rings (SSSR count). The molecule has 0 aliphatic heterocycles. The van der Waals surface area contributed by atoms with Gasteiger partial charge in [0.25, 0.3) is 0 Å². The van der Waals surface area contributed by atoms with Gasteiger partial charge < -0.3 is 16.6 Å². The quantitative estimate of drug-likeness (QED) is 0.726. The molecule has 0 amide bonds. The molecule has 14 heavy (non-hydrogen) atoms. The first-order chi connectivity index (χ1) is 6.49. The first-order valence-corrected chi connectivity index (χ1v) is 4.98. The zero-order chi connectivity index (χ0) is 10.9. The van der Waals surface area contributed by atoms with Gasteiger partial charge in [-0.3, -0.25) is 0 Å². The zero-order valence-electron chi connectivity index (χ0n) is 7.10. The van der Waals surface area contributed by atoms with Crippen LogP contribution < -0.4 is 11.5 Å². The number of phenolic OH excluding ortho intramolecular Hbond substituents is 1. The SMILES string of the molecule is NCC(N)c1cc(Cl)c(F)c(Br)c1O. The van der Waals surface area contributed by atoms with Crippen molar-refractivity contribution in [3.8, 4) is 5.75 Å². The molecule has 0 aliphatic carbocycles. The number of hydrogen-bond acceptors (Lipinski definition) is 3. The van der Waals surface area contributed by atoms with Gasteiger partial charge in [-0.25, -0.2) is 4.39 Å². The van der Waals surface area contributed by atoms with Gasteiger partial charge in [-0.05, 0) is 22.0 Å². The lowest BCUT2D eigenvalue weighted by molar-refractivity contribution is 0.451. The molecule has 0 heterocycles. The van der Waals surface area contributed by atoms with E-state index in [9.17, 15) is 9.50 Å². The lowest BCUT2D eigenvalue weighted by atomic mass is 10.1. The van der Waals surface area contributed by atoms with Crippen LogP contribution in [-0.4, -0.2) is 11.7 Å². The van der Waals surface area contributed by atoms with Crippen molar-refractivity contribution < 1.29 is 9.50 Å². The van der Waals surface area contributed by atoms with Gasteiger partial charge in [0.2, 0.25) is 0 Å². The average Bonchev–Trinajstić information content (AvgIpc) is 2.19. The number of hydrogen-bond donors (Lipinski definition) is 3. The minimum atomic E-state index is -0.711. The monoisotopic (exact) mass is 282 g/mol. The Hall–Kier alpha value is -0.360.